The summed E-state index contributed by atoms with van der Waals surface area (Å²) in [4.78, 5) is 22.8. The first kappa shape index (κ1) is 9.03. The van der Waals surface area contributed by atoms with Crippen molar-refractivity contribution >= 4 is 11.9 Å². The molecule has 1 heterocycles. The fourth-order valence-corrected chi connectivity index (χ4v) is 1.52. The van der Waals surface area contributed by atoms with Gasteiger partial charge in [-0.05, 0) is 5.92 Å². The van der Waals surface area contributed by atoms with E-state index in [1.165, 1.54) is 4.90 Å². The van der Waals surface area contributed by atoms with Crippen LogP contribution in [0.4, 0.5) is 4.79 Å². The van der Waals surface area contributed by atoms with Gasteiger partial charge >= 0.3 is 6.09 Å². The maximum atomic E-state index is 11.0. The van der Waals surface area contributed by atoms with E-state index in [9.17, 15) is 9.59 Å². The number of carboxylic acid groups (broad SMARTS) is 1. The molecule has 0 bridgehead atoms. The first-order valence-corrected chi connectivity index (χ1v) is 4.03. The van der Waals surface area contributed by atoms with Crippen molar-refractivity contribution in [2.75, 3.05) is 6.54 Å². The first-order chi connectivity index (χ1) is 5.52. The Bertz CT molecular complexity index is 212. The zero-order valence-electron chi connectivity index (χ0n) is 7.28. The van der Waals surface area contributed by atoms with Crippen LogP contribution in [0.15, 0.2) is 0 Å². The highest BCUT2D eigenvalue weighted by Gasteiger charge is 2.35. The Balaban J connectivity index is 2.72. The van der Waals surface area contributed by atoms with Gasteiger partial charge in [0.2, 0.25) is 0 Å². The van der Waals surface area contributed by atoms with Gasteiger partial charge in [0.15, 0.2) is 5.78 Å². The van der Waals surface area contributed by atoms with Crippen molar-refractivity contribution in [1.29, 1.82) is 0 Å². The summed E-state index contributed by atoms with van der Waals surface area (Å²) in [7, 11) is 0. The molecular weight excluding hydrogens is 158 g/mol. The molecule has 12 heavy (non-hydrogen) atoms. The topological polar surface area (TPSA) is 57.6 Å². The first-order valence-electron chi connectivity index (χ1n) is 4.03. The van der Waals surface area contributed by atoms with Crippen molar-refractivity contribution in [3.63, 3.8) is 0 Å². The van der Waals surface area contributed by atoms with Crippen LogP contribution in [0.2, 0.25) is 0 Å². The summed E-state index contributed by atoms with van der Waals surface area (Å²) in [6.45, 7) is 3.93. The number of amides is 1. The Labute approximate surface area is 71.2 Å². The van der Waals surface area contributed by atoms with Crippen LogP contribution < -0.4 is 0 Å². The maximum absolute atomic E-state index is 11.0. The van der Waals surface area contributed by atoms with Crippen LogP contribution in [0.3, 0.4) is 0 Å². The highest BCUT2D eigenvalue weighted by Crippen LogP contribution is 2.21. The van der Waals surface area contributed by atoms with E-state index in [1.54, 1.807) is 0 Å². The minimum atomic E-state index is -0.987. The standard InChI is InChI=1S/C8H13NO3/c1-5(2)7-3-6(10)4-9(7)8(11)12/h5,7H,3-4H2,1-2H3,(H,11,12)/t7-/m0/s1. The average molecular weight is 171 g/mol. The molecule has 1 saturated heterocycles. The summed E-state index contributed by atoms with van der Waals surface area (Å²) in [5, 5.41) is 8.72. The van der Waals surface area contributed by atoms with Crippen LogP contribution in [0.25, 0.3) is 0 Å². The van der Waals surface area contributed by atoms with Crippen molar-refractivity contribution in [2.24, 2.45) is 5.92 Å². The van der Waals surface area contributed by atoms with Gasteiger partial charge in [-0.1, -0.05) is 13.8 Å². The molecule has 4 heteroatoms. The van der Waals surface area contributed by atoms with E-state index in [2.05, 4.69) is 0 Å². The molecule has 1 aliphatic rings. The fourth-order valence-electron chi connectivity index (χ4n) is 1.52. The molecule has 0 aromatic heterocycles. The molecule has 1 rings (SSSR count). The maximum Gasteiger partial charge on any atom is 0.407 e. The van der Waals surface area contributed by atoms with Gasteiger partial charge in [0.05, 0.1) is 6.54 Å². The quantitative estimate of drug-likeness (QED) is 0.639. The minimum Gasteiger partial charge on any atom is -0.465 e. The van der Waals surface area contributed by atoms with Gasteiger partial charge in [0.1, 0.15) is 0 Å². The van der Waals surface area contributed by atoms with E-state index < -0.39 is 6.09 Å². The molecule has 1 fully saturated rings. The Hall–Kier alpha value is -1.06. The van der Waals surface area contributed by atoms with Gasteiger partial charge in [0.25, 0.3) is 0 Å². The summed E-state index contributed by atoms with van der Waals surface area (Å²) in [6.07, 6.45) is -0.608. The van der Waals surface area contributed by atoms with Crippen LogP contribution in [0.1, 0.15) is 20.3 Å². The second-order valence-electron chi connectivity index (χ2n) is 3.46. The van der Waals surface area contributed by atoms with Crippen molar-refractivity contribution < 1.29 is 14.7 Å². The molecule has 0 aromatic rings. The van der Waals surface area contributed by atoms with Crippen molar-refractivity contribution in [2.45, 2.75) is 26.3 Å². The monoisotopic (exact) mass is 171 g/mol. The van der Waals surface area contributed by atoms with Gasteiger partial charge < -0.3 is 5.11 Å². The van der Waals surface area contributed by atoms with Crippen LogP contribution in [0, 0.1) is 5.92 Å². The summed E-state index contributed by atoms with van der Waals surface area (Å²) in [5.74, 6) is 0.239. The van der Waals surface area contributed by atoms with Crippen LogP contribution in [-0.4, -0.2) is 34.5 Å². The second kappa shape index (κ2) is 3.13. The predicted molar refractivity (Wildman–Crippen MR) is 43.0 cm³/mol. The predicted octanol–water partition coefficient (Wildman–Crippen LogP) is 0.964. The molecular formula is C8H13NO3. The lowest BCUT2D eigenvalue weighted by atomic mass is 10.0. The number of nitrogens with zero attached hydrogens (tertiary/aromatic N) is 1. The summed E-state index contributed by atoms with van der Waals surface area (Å²) in [6, 6.07) is -0.116. The van der Waals surface area contributed by atoms with E-state index in [4.69, 9.17) is 5.11 Å². The lowest BCUT2D eigenvalue weighted by Gasteiger charge is -2.23. The second-order valence-corrected chi connectivity index (χ2v) is 3.46. The van der Waals surface area contributed by atoms with Crippen molar-refractivity contribution in [3.8, 4) is 0 Å². The third-order valence-electron chi connectivity index (χ3n) is 2.20. The number of ketones is 1. The van der Waals surface area contributed by atoms with E-state index in [1.807, 2.05) is 13.8 Å². The summed E-state index contributed by atoms with van der Waals surface area (Å²) >= 11 is 0. The van der Waals surface area contributed by atoms with Gasteiger partial charge in [-0.3, -0.25) is 9.69 Å². The SMILES string of the molecule is CC(C)[C@@H]1CC(=O)CN1C(=O)O. The van der Waals surface area contributed by atoms with Gasteiger partial charge in [-0.2, -0.15) is 0 Å². The summed E-state index contributed by atoms with van der Waals surface area (Å²) in [5.41, 5.74) is 0. The van der Waals surface area contributed by atoms with Gasteiger partial charge in [-0.25, -0.2) is 4.79 Å². The normalized spacial score (nSPS) is 23.8. The number of likely N-dealkylation sites (tertiary alicyclic amines) is 1. The number of hydrogen-bond acceptors (Lipinski definition) is 2. The van der Waals surface area contributed by atoms with Crippen LogP contribution >= 0.6 is 0 Å². The van der Waals surface area contributed by atoms with E-state index in [0.717, 1.165) is 0 Å². The Kier molecular flexibility index (Phi) is 2.35. The van der Waals surface area contributed by atoms with Crippen LogP contribution in [-0.2, 0) is 4.79 Å². The molecule has 0 spiro atoms. The molecule has 1 aliphatic heterocycles. The molecule has 4 nitrogen and oxygen atoms in total. The number of Topliss-reactive ketones (excluding diaryl/α,β-unsaturated/α-hetero) is 1. The zero-order valence-corrected chi connectivity index (χ0v) is 7.28. The largest absolute Gasteiger partial charge is 0.465 e. The zero-order chi connectivity index (χ0) is 9.30. The third-order valence-corrected chi connectivity index (χ3v) is 2.20. The molecule has 0 saturated carbocycles. The highest BCUT2D eigenvalue weighted by molar-refractivity contribution is 5.87. The molecule has 1 N–H and O–H groups in total. The average Bonchev–Trinajstić information content (AvgIpc) is 2.31. The van der Waals surface area contributed by atoms with Gasteiger partial charge in [0, 0.05) is 12.5 Å². The van der Waals surface area contributed by atoms with Crippen LogP contribution in [0.5, 0.6) is 0 Å². The molecule has 0 aliphatic carbocycles. The van der Waals surface area contributed by atoms with E-state index in [0.29, 0.717) is 6.42 Å². The minimum absolute atomic E-state index is 0.0242. The Morgan fingerprint density at radius 3 is 2.58 bits per heavy atom. The lowest BCUT2D eigenvalue weighted by molar-refractivity contribution is -0.116. The van der Waals surface area contributed by atoms with Crippen molar-refractivity contribution in [3.05, 3.63) is 0 Å². The molecule has 68 valence electrons. The lowest BCUT2D eigenvalue weighted by Crippen LogP contribution is -2.37. The Morgan fingerprint density at radius 1 is 1.67 bits per heavy atom. The number of carbonyl (C=O) groups excluding carboxylic acids is 1. The highest BCUT2D eigenvalue weighted by atomic mass is 16.4. The molecule has 0 unspecified atom stereocenters. The number of hydrogen-bond donors (Lipinski definition) is 1. The van der Waals surface area contributed by atoms with E-state index >= 15 is 0 Å². The third kappa shape index (κ3) is 1.57. The molecule has 1 amide bonds. The molecule has 1 atom stereocenters. The van der Waals surface area contributed by atoms with Crippen molar-refractivity contribution in [1.82, 2.24) is 4.90 Å². The Morgan fingerprint density at radius 2 is 2.25 bits per heavy atom. The smallest absolute Gasteiger partial charge is 0.407 e. The summed E-state index contributed by atoms with van der Waals surface area (Å²) < 4.78 is 0. The fraction of sp³-hybridized carbons (Fsp3) is 0.750. The van der Waals surface area contributed by atoms with Gasteiger partial charge in [-0.15, -0.1) is 0 Å². The molecule has 0 radical (unpaired) electrons. The van der Waals surface area contributed by atoms with E-state index in [-0.39, 0.29) is 24.3 Å². The number of carbonyl (C=O) groups is 2. The molecule has 0 aromatic carbocycles. The number of rotatable bonds is 1.